The second-order valence-corrected chi connectivity index (χ2v) is 13.0. The predicted octanol–water partition coefficient (Wildman–Crippen LogP) is 6.69. The van der Waals surface area contributed by atoms with Crippen molar-refractivity contribution >= 4 is 5.69 Å². The number of H-pyrrole nitrogens is 1. The number of benzene rings is 4. The number of anilines is 1. The normalized spacial score (nSPS) is 22.5. The molecule has 0 saturated heterocycles. The number of rotatable bonds is 7. The zero-order valence-corrected chi connectivity index (χ0v) is 26.5. The highest BCUT2D eigenvalue weighted by atomic mass is 19.4. The summed E-state index contributed by atoms with van der Waals surface area (Å²) in [6.45, 7) is 2.04. The number of fused-ring (bicyclic) bond motifs is 1. The maximum atomic E-state index is 14.3. The zero-order valence-electron chi connectivity index (χ0n) is 26.5. The minimum Gasteiger partial charge on any atom is -0.392 e. The number of aryl methyl sites for hydroxylation is 1. The van der Waals surface area contributed by atoms with Crippen molar-refractivity contribution in [2.24, 2.45) is 5.92 Å². The van der Waals surface area contributed by atoms with E-state index in [1.807, 2.05) is 62.5 Å². The lowest BCUT2D eigenvalue weighted by Crippen LogP contribution is -2.55. The molecule has 9 heteroatoms. The number of para-hydroxylation sites is 1. The van der Waals surface area contributed by atoms with E-state index in [4.69, 9.17) is 0 Å². The molecule has 246 valence electrons. The first kappa shape index (κ1) is 31.7. The Kier molecular flexibility index (Phi) is 7.92. The molecule has 1 aromatic heterocycles. The minimum atomic E-state index is -4.91. The summed E-state index contributed by atoms with van der Waals surface area (Å²) in [4.78, 5) is 15.6. The number of halogens is 3. The van der Waals surface area contributed by atoms with Crippen LogP contribution in [0.25, 0.3) is 5.69 Å². The summed E-state index contributed by atoms with van der Waals surface area (Å²) in [5.41, 5.74) is 2.89. The number of aliphatic hydroxyl groups is 2. The summed E-state index contributed by atoms with van der Waals surface area (Å²) in [7, 11) is 1.94. The van der Waals surface area contributed by atoms with Crippen LogP contribution in [0.3, 0.4) is 0 Å². The molecule has 0 bridgehead atoms. The number of aromatic nitrogens is 2. The van der Waals surface area contributed by atoms with Gasteiger partial charge in [0, 0.05) is 35.7 Å². The van der Waals surface area contributed by atoms with Crippen molar-refractivity contribution in [3.8, 4) is 5.69 Å². The highest BCUT2D eigenvalue weighted by molar-refractivity contribution is 5.72. The summed E-state index contributed by atoms with van der Waals surface area (Å²) >= 11 is 0. The molecular weight excluding hydrogens is 615 g/mol. The van der Waals surface area contributed by atoms with Gasteiger partial charge in [-0.05, 0) is 54.7 Å². The smallest absolute Gasteiger partial charge is 0.392 e. The van der Waals surface area contributed by atoms with E-state index < -0.39 is 52.5 Å². The quantitative estimate of drug-likeness (QED) is 0.183. The SMILES string of the molecule is Cc1ccc2c(c1)C(Cc1ccccc1)(Cc1ccccc1)C(=CC1C(O)C(c3c(C(F)(F)F)[nH]n(-c4ccccc4)c3=O)C1O)N2C. The minimum absolute atomic E-state index is 0.216. The summed E-state index contributed by atoms with van der Waals surface area (Å²) < 4.78 is 43.8. The van der Waals surface area contributed by atoms with Crippen LogP contribution in [0.4, 0.5) is 18.9 Å². The molecule has 4 aromatic carbocycles. The fourth-order valence-corrected chi connectivity index (χ4v) is 7.70. The second-order valence-electron chi connectivity index (χ2n) is 13.0. The van der Waals surface area contributed by atoms with Crippen molar-refractivity contribution in [2.45, 2.75) is 49.5 Å². The van der Waals surface area contributed by atoms with Gasteiger partial charge in [0.1, 0.15) is 5.69 Å². The van der Waals surface area contributed by atoms with Crippen molar-refractivity contribution in [3.05, 3.63) is 165 Å². The van der Waals surface area contributed by atoms with Crippen LogP contribution in [0.15, 0.2) is 126 Å². The van der Waals surface area contributed by atoms with Gasteiger partial charge in [0.2, 0.25) is 0 Å². The van der Waals surface area contributed by atoms with Gasteiger partial charge in [-0.1, -0.05) is 103 Å². The number of likely N-dealkylation sites (N-methyl/N-ethyl adjacent to an activating group) is 1. The third-order valence-electron chi connectivity index (χ3n) is 10.0. The molecule has 2 unspecified atom stereocenters. The Bertz CT molecular complexity index is 1970. The molecule has 2 heterocycles. The molecule has 1 aliphatic carbocycles. The number of allylic oxidation sites excluding steroid dienone is 1. The average molecular weight is 652 g/mol. The highest BCUT2D eigenvalue weighted by Gasteiger charge is 2.56. The van der Waals surface area contributed by atoms with E-state index >= 15 is 0 Å². The van der Waals surface area contributed by atoms with Gasteiger partial charge in [0.05, 0.1) is 23.5 Å². The molecular formula is C39H36F3N3O3. The third kappa shape index (κ3) is 5.27. The van der Waals surface area contributed by atoms with Gasteiger partial charge in [-0.3, -0.25) is 9.89 Å². The molecule has 1 fully saturated rings. The van der Waals surface area contributed by atoms with E-state index in [1.165, 1.54) is 12.1 Å². The molecule has 48 heavy (non-hydrogen) atoms. The molecule has 3 N–H and O–H groups in total. The summed E-state index contributed by atoms with van der Waals surface area (Å²) in [5, 5.41) is 25.4. The fraction of sp³-hybridized carbons (Fsp3) is 0.256. The van der Waals surface area contributed by atoms with E-state index in [2.05, 4.69) is 46.4 Å². The Hall–Kier alpha value is -4.86. The van der Waals surface area contributed by atoms with Crippen molar-refractivity contribution in [1.29, 1.82) is 0 Å². The number of nitrogens with zero attached hydrogens (tertiary/aromatic N) is 2. The van der Waals surface area contributed by atoms with Crippen LogP contribution in [-0.2, 0) is 24.4 Å². The van der Waals surface area contributed by atoms with Gasteiger partial charge in [-0.2, -0.15) is 13.2 Å². The number of alkyl halides is 3. The first-order chi connectivity index (χ1) is 23.0. The third-order valence-corrected chi connectivity index (χ3v) is 10.0. The number of aliphatic hydroxyl groups excluding tert-OH is 2. The molecule has 7 rings (SSSR count). The Labute approximate surface area is 276 Å². The average Bonchev–Trinajstić information content (AvgIpc) is 3.52. The van der Waals surface area contributed by atoms with E-state index in [-0.39, 0.29) is 5.69 Å². The number of hydrogen-bond acceptors (Lipinski definition) is 4. The molecule has 1 saturated carbocycles. The van der Waals surface area contributed by atoms with Gasteiger partial charge < -0.3 is 15.1 Å². The molecule has 0 radical (unpaired) electrons. The van der Waals surface area contributed by atoms with Gasteiger partial charge in [-0.15, -0.1) is 0 Å². The van der Waals surface area contributed by atoms with Crippen LogP contribution in [0.5, 0.6) is 0 Å². The monoisotopic (exact) mass is 651 g/mol. The molecule has 0 spiro atoms. The lowest BCUT2D eigenvalue weighted by molar-refractivity contribution is -0.145. The maximum Gasteiger partial charge on any atom is 0.433 e. The molecule has 6 nitrogen and oxygen atoms in total. The Morgan fingerprint density at radius 2 is 1.38 bits per heavy atom. The fourth-order valence-electron chi connectivity index (χ4n) is 7.70. The summed E-state index contributed by atoms with van der Waals surface area (Å²) in [6, 6.07) is 34.4. The van der Waals surface area contributed by atoms with Crippen molar-refractivity contribution < 1.29 is 23.4 Å². The predicted molar refractivity (Wildman–Crippen MR) is 179 cm³/mol. The summed E-state index contributed by atoms with van der Waals surface area (Å²) in [6.07, 6.45) is -4.76. The molecule has 5 aromatic rings. The van der Waals surface area contributed by atoms with Crippen LogP contribution < -0.4 is 10.5 Å². The van der Waals surface area contributed by atoms with Gasteiger partial charge in [0.25, 0.3) is 5.56 Å². The van der Waals surface area contributed by atoms with Crippen molar-refractivity contribution in [3.63, 3.8) is 0 Å². The van der Waals surface area contributed by atoms with Gasteiger partial charge >= 0.3 is 6.18 Å². The van der Waals surface area contributed by atoms with Crippen LogP contribution in [0, 0.1) is 12.8 Å². The van der Waals surface area contributed by atoms with E-state index in [9.17, 15) is 28.2 Å². The first-order valence-electron chi connectivity index (χ1n) is 16.0. The topological polar surface area (TPSA) is 81.5 Å². The van der Waals surface area contributed by atoms with E-state index in [0.717, 1.165) is 38.3 Å². The lowest BCUT2D eigenvalue weighted by atomic mass is 9.63. The Balaban J connectivity index is 1.34. The standard InChI is InChI=1S/C39H36F3N3O3/c1-24-18-19-30-29(20-24)38(22-25-12-6-3-7-13-25,23-26-14-8-4-9-15-26)31(44(30)2)21-28-34(46)32(35(28)47)33-36(39(40,41)42)43-45(37(33)48)27-16-10-5-11-17-27/h3-21,28,32,34-35,43,46-47H,22-23H2,1-2H3. The Morgan fingerprint density at radius 1 is 0.833 bits per heavy atom. The Morgan fingerprint density at radius 3 is 1.92 bits per heavy atom. The largest absolute Gasteiger partial charge is 0.433 e. The van der Waals surface area contributed by atoms with E-state index in [1.54, 1.807) is 18.2 Å². The zero-order chi connectivity index (χ0) is 33.8. The van der Waals surface area contributed by atoms with E-state index in [0.29, 0.717) is 12.8 Å². The van der Waals surface area contributed by atoms with Gasteiger partial charge in [0.15, 0.2) is 0 Å². The molecule has 0 amide bonds. The maximum absolute atomic E-state index is 14.3. The number of aromatic amines is 1. The molecule has 2 atom stereocenters. The van der Waals surface area contributed by atoms with Crippen molar-refractivity contribution in [2.75, 3.05) is 11.9 Å². The van der Waals surface area contributed by atoms with Crippen LogP contribution >= 0.6 is 0 Å². The van der Waals surface area contributed by atoms with Crippen LogP contribution in [0.1, 0.15) is 39.4 Å². The second kappa shape index (κ2) is 12.0. The number of hydrogen-bond donors (Lipinski definition) is 3. The van der Waals surface area contributed by atoms with Crippen LogP contribution in [0.2, 0.25) is 0 Å². The highest BCUT2D eigenvalue weighted by Crippen LogP contribution is 2.54. The summed E-state index contributed by atoms with van der Waals surface area (Å²) in [5.74, 6) is -2.36. The van der Waals surface area contributed by atoms with Crippen LogP contribution in [-0.4, -0.2) is 39.2 Å². The first-order valence-corrected chi connectivity index (χ1v) is 16.0. The number of nitrogens with one attached hydrogen (secondary N) is 1. The lowest BCUT2D eigenvalue weighted by Gasteiger charge is -2.46. The molecule has 1 aliphatic heterocycles. The van der Waals surface area contributed by atoms with Gasteiger partial charge in [-0.25, -0.2) is 4.68 Å². The molecule has 2 aliphatic rings. The van der Waals surface area contributed by atoms with Crippen molar-refractivity contribution in [1.82, 2.24) is 9.78 Å².